The van der Waals surface area contributed by atoms with E-state index in [0.717, 1.165) is 24.8 Å². The summed E-state index contributed by atoms with van der Waals surface area (Å²) in [6, 6.07) is 4.32. The van der Waals surface area contributed by atoms with Crippen molar-refractivity contribution in [1.82, 2.24) is 5.32 Å². The fourth-order valence-electron chi connectivity index (χ4n) is 2.90. The number of carbonyl (C=O) groups is 1. The molecule has 110 valence electrons. The van der Waals surface area contributed by atoms with Crippen LogP contribution in [-0.4, -0.2) is 17.6 Å². The molecule has 3 atom stereocenters. The van der Waals surface area contributed by atoms with Crippen molar-refractivity contribution in [1.29, 1.82) is 0 Å². The van der Waals surface area contributed by atoms with Gasteiger partial charge in [-0.2, -0.15) is 0 Å². The molecule has 0 bridgehead atoms. The standard InChI is InChI=1S/C15H19ClFNO2/c1-9(12-6-5-11(17)7-14(12)16)18-8-10-3-2-4-13(10)15(19)20/h5-7,9-10,13,18H,2-4,8H2,1H3,(H,19,20). The molecule has 1 aromatic rings. The van der Waals surface area contributed by atoms with Gasteiger partial charge in [0.1, 0.15) is 5.82 Å². The Balaban J connectivity index is 1.95. The molecule has 0 aliphatic heterocycles. The molecular formula is C15H19ClFNO2. The molecule has 20 heavy (non-hydrogen) atoms. The zero-order chi connectivity index (χ0) is 14.7. The quantitative estimate of drug-likeness (QED) is 0.873. The number of carboxylic acids is 1. The lowest BCUT2D eigenvalue weighted by atomic mass is 9.95. The Labute approximate surface area is 123 Å². The van der Waals surface area contributed by atoms with Crippen molar-refractivity contribution in [2.45, 2.75) is 32.2 Å². The smallest absolute Gasteiger partial charge is 0.306 e. The molecule has 0 spiro atoms. The number of hydrogen-bond acceptors (Lipinski definition) is 2. The number of halogens is 2. The molecule has 2 N–H and O–H groups in total. The van der Waals surface area contributed by atoms with Gasteiger partial charge in [-0.05, 0) is 49.9 Å². The van der Waals surface area contributed by atoms with Crippen LogP contribution in [0.1, 0.15) is 37.8 Å². The molecule has 1 aromatic carbocycles. The topological polar surface area (TPSA) is 49.3 Å². The van der Waals surface area contributed by atoms with E-state index in [1.165, 1.54) is 12.1 Å². The lowest BCUT2D eigenvalue weighted by Crippen LogP contribution is -2.30. The maximum Gasteiger partial charge on any atom is 0.306 e. The fraction of sp³-hybridized carbons (Fsp3) is 0.533. The van der Waals surface area contributed by atoms with Crippen LogP contribution in [0, 0.1) is 17.7 Å². The van der Waals surface area contributed by atoms with Crippen molar-refractivity contribution in [3.8, 4) is 0 Å². The number of rotatable bonds is 5. The van der Waals surface area contributed by atoms with E-state index in [1.807, 2.05) is 6.92 Å². The Morgan fingerprint density at radius 3 is 2.95 bits per heavy atom. The highest BCUT2D eigenvalue weighted by Crippen LogP contribution is 2.32. The number of aliphatic carboxylic acids is 1. The van der Waals surface area contributed by atoms with Gasteiger partial charge in [0.25, 0.3) is 0 Å². The second-order valence-electron chi connectivity index (χ2n) is 5.43. The van der Waals surface area contributed by atoms with E-state index in [1.54, 1.807) is 6.07 Å². The van der Waals surface area contributed by atoms with Crippen molar-refractivity contribution in [3.63, 3.8) is 0 Å². The predicted octanol–water partition coefficient (Wildman–Crippen LogP) is 3.63. The molecule has 0 amide bonds. The van der Waals surface area contributed by atoms with Crippen LogP contribution >= 0.6 is 11.6 Å². The molecule has 1 saturated carbocycles. The van der Waals surface area contributed by atoms with Gasteiger partial charge in [0.05, 0.1) is 5.92 Å². The van der Waals surface area contributed by atoms with E-state index >= 15 is 0 Å². The van der Waals surface area contributed by atoms with E-state index in [0.29, 0.717) is 11.6 Å². The first-order valence-corrected chi connectivity index (χ1v) is 7.28. The van der Waals surface area contributed by atoms with E-state index in [9.17, 15) is 9.18 Å². The number of benzene rings is 1. The summed E-state index contributed by atoms with van der Waals surface area (Å²) in [4.78, 5) is 11.1. The summed E-state index contributed by atoms with van der Waals surface area (Å²) in [6.07, 6.45) is 2.66. The van der Waals surface area contributed by atoms with E-state index in [2.05, 4.69) is 5.32 Å². The minimum absolute atomic E-state index is 0.0295. The van der Waals surface area contributed by atoms with Crippen LogP contribution in [0.15, 0.2) is 18.2 Å². The summed E-state index contributed by atoms with van der Waals surface area (Å²) in [6.45, 7) is 2.59. The maximum absolute atomic E-state index is 13.0. The monoisotopic (exact) mass is 299 g/mol. The maximum atomic E-state index is 13.0. The van der Waals surface area contributed by atoms with Crippen LogP contribution in [0.25, 0.3) is 0 Å². The molecule has 2 rings (SSSR count). The van der Waals surface area contributed by atoms with Gasteiger partial charge >= 0.3 is 5.97 Å². The van der Waals surface area contributed by atoms with Gasteiger partial charge in [-0.15, -0.1) is 0 Å². The highest BCUT2D eigenvalue weighted by molar-refractivity contribution is 6.31. The molecule has 0 radical (unpaired) electrons. The van der Waals surface area contributed by atoms with Gasteiger partial charge in [0.2, 0.25) is 0 Å². The summed E-state index contributed by atoms with van der Waals surface area (Å²) in [5.74, 6) is -1.15. The van der Waals surface area contributed by atoms with E-state index < -0.39 is 5.97 Å². The predicted molar refractivity (Wildman–Crippen MR) is 76.3 cm³/mol. The molecule has 1 aliphatic rings. The summed E-state index contributed by atoms with van der Waals surface area (Å²) >= 11 is 6.02. The Hall–Kier alpha value is -1.13. The Morgan fingerprint density at radius 2 is 2.30 bits per heavy atom. The molecule has 0 saturated heterocycles. The third-order valence-electron chi connectivity index (χ3n) is 4.09. The molecule has 3 unspecified atom stereocenters. The van der Waals surface area contributed by atoms with Crippen LogP contribution in [0.4, 0.5) is 4.39 Å². The van der Waals surface area contributed by atoms with Crippen molar-refractivity contribution in [2.24, 2.45) is 11.8 Å². The van der Waals surface area contributed by atoms with Crippen molar-refractivity contribution < 1.29 is 14.3 Å². The summed E-state index contributed by atoms with van der Waals surface area (Å²) in [5, 5.41) is 12.9. The summed E-state index contributed by atoms with van der Waals surface area (Å²) in [5.41, 5.74) is 0.831. The zero-order valence-electron chi connectivity index (χ0n) is 11.4. The number of nitrogens with one attached hydrogen (secondary N) is 1. The summed E-state index contributed by atoms with van der Waals surface area (Å²) in [7, 11) is 0. The molecule has 5 heteroatoms. The minimum Gasteiger partial charge on any atom is -0.481 e. The summed E-state index contributed by atoms with van der Waals surface area (Å²) < 4.78 is 13.0. The Morgan fingerprint density at radius 1 is 1.55 bits per heavy atom. The fourth-order valence-corrected chi connectivity index (χ4v) is 3.23. The van der Waals surface area contributed by atoms with Gasteiger partial charge < -0.3 is 10.4 Å². The highest BCUT2D eigenvalue weighted by Gasteiger charge is 2.32. The lowest BCUT2D eigenvalue weighted by molar-refractivity contribution is -0.142. The second-order valence-corrected chi connectivity index (χ2v) is 5.84. The van der Waals surface area contributed by atoms with Gasteiger partial charge in [-0.25, -0.2) is 4.39 Å². The van der Waals surface area contributed by atoms with Crippen LogP contribution < -0.4 is 5.32 Å². The zero-order valence-corrected chi connectivity index (χ0v) is 12.2. The van der Waals surface area contributed by atoms with Gasteiger partial charge in [-0.3, -0.25) is 4.79 Å². The van der Waals surface area contributed by atoms with E-state index in [-0.39, 0.29) is 23.7 Å². The van der Waals surface area contributed by atoms with Crippen molar-refractivity contribution in [3.05, 3.63) is 34.6 Å². The minimum atomic E-state index is -0.707. The average Bonchev–Trinajstić information content (AvgIpc) is 2.84. The van der Waals surface area contributed by atoms with Crippen molar-refractivity contribution >= 4 is 17.6 Å². The largest absolute Gasteiger partial charge is 0.481 e. The molecule has 0 heterocycles. The SMILES string of the molecule is CC(NCC1CCCC1C(=O)O)c1ccc(F)cc1Cl. The van der Waals surface area contributed by atoms with Crippen LogP contribution in [0.2, 0.25) is 5.02 Å². The first-order valence-electron chi connectivity index (χ1n) is 6.90. The first-order chi connectivity index (χ1) is 9.49. The van der Waals surface area contributed by atoms with Gasteiger partial charge in [-0.1, -0.05) is 24.1 Å². The molecule has 1 fully saturated rings. The average molecular weight is 300 g/mol. The lowest BCUT2D eigenvalue weighted by Gasteiger charge is -2.21. The van der Waals surface area contributed by atoms with Gasteiger partial charge in [0, 0.05) is 11.1 Å². The first kappa shape index (κ1) is 15.3. The molecule has 3 nitrogen and oxygen atoms in total. The second kappa shape index (κ2) is 6.55. The third kappa shape index (κ3) is 3.49. The molecular weight excluding hydrogens is 281 g/mol. The van der Waals surface area contributed by atoms with Crippen LogP contribution in [-0.2, 0) is 4.79 Å². The van der Waals surface area contributed by atoms with Crippen LogP contribution in [0.3, 0.4) is 0 Å². The molecule has 1 aliphatic carbocycles. The Bertz CT molecular complexity index is 495. The Kier molecular flexibility index (Phi) is 5.00. The highest BCUT2D eigenvalue weighted by atomic mass is 35.5. The van der Waals surface area contributed by atoms with Crippen LogP contribution in [0.5, 0.6) is 0 Å². The number of hydrogen-bond donors (Lipinski definition) is 2. The van der Waals surface area contributed by atoms with Gasteiger partial charge in [0.15, 0.2) is 0 Å². The third-order valence-corrected chi connectivity index (χ3v) is 4.42. The van der Waals surface area contributed by atoms with E-state index in [4.69, 9.17) is 16.7 Å². The normalized spacial score (nSPS) is 23.8. The van der Waals surface area contributed by atoms with Crippen molar-refractivity contribution in [2.75, 3.05) is 6.54 Å². The molecule has 0 aromatic heterocycles. The number of carboxylic acid groups (broad SMARTS) is 1.